The van der Waals surface area contributed by atoms with E-state index in [0.29, 0.717) is 36.3 Å². The van der Waals surface area contributed by atoms with Crippen LogP contribution >= 0.6 is 0 Å². The van der Waals surface area contributed by atoms with Crippen LogP contribution in [0.5, 0.6) is 5.75 Å². The number of nitrogens with one attached hydrogen (secondary N) is 2. The fourth-order valence-electron chi connectivity index (χ4n) is 3.59. The Labute approximate surface area is 163 Å². The van der Waals surface area contributed by atoms with Crippen LogP contribution in [-0.4, -0.2) is 24.5 Å². The van der Waals surface area contributed by atoms with Gasteiger partial charge in [0.05, 0.1) is 12.3 Å². The number of rotatable bonds is 8. The van der Waals surface area contributed by atoms with E-state index in [1.807, 2.05) is 31.2 Å². The zero-order chi connectivity index (χ0) is 19.8. The van der Waals surface area contributed by atoms with Crippen LogP contribution in [0.4, 0.5) is 5.69 Å². The van der Waals surface area contributed by atoms with Gasteiger partial charge in [0, 0.05) is 5.92 Å². The zero-order valence-corrected chi connectivity index (χ0v) is 17.1. The van der Waals surface area contributed by atoms with Gasteiger partial charge in [0.1, 0.15) is 11.8 Å². The van der Waals surface area contributed by atoms with Crippen LogP contribution in [0.15, 0.2) is 24.3 Å². The van der Waals surface area contributed by atoms with Gasteiger partial charge in [-0.15, -0.1) is 0 Å². The quantitative estimate of drug-likeness (QED) is 0.709. The number of hydrogen-bond donors (Lipinski definition) is 2. The predicted molar refractivity (Wildman–Crippen MR) is 109 cm³/mol. The molecule has 150 valence electrons. The molecular weight excluding hydrogens is 340 g/mol. The van der Waals surface area contributed by atoms with E-state index in [2.05, 4.69) is 31.4 Å². The smallest absolute Gasteiger partial charge is 0.247 e. The average molecular weight is 375 g/mol. The van der Waals surface area contributed by atoms with E-state index in [-0.39, 0.29) is 17.7 Å². The highest BCUT2D eigenvalue weighted by atomic mass is 16.5. The largest absolute Gasteiger partial charge is 0.492 e. The maximum absolute atomic E-state index is 12.9. The van der Waals surface area contributed by atoms with Gasteiger partial charge in [0.2, 0.25) is 11.8 Å². The highest BCUT2D eigenvalue weighted by Gasteiger charge is 2.29. The van der Waals surface area contributed by atoms with Crippen LogP contribution in [-0.2, 0) is 9.59 Å². The molecule has 2 amide bonds. The molecule has 1 fully saturated rings. The van der Waals surface area contributed by atoms with Crippen LogP contribution in [0.1, 0.15) is 59.8 Å². The molecule has 0 aromatic heterocycles. The zero-order valence-electron chi connectivity index (χ0n) is 17.1. The summed E-state index contributed by atoms with van der Waals surface area (Å²) in [6.45, 7) is 8.79. The van der Waals surface area contributed by atoms with Crippen molar-refractivity contribution in [3.63, 3.8) is 0 Å². The Morgan fingerprint density at radius 1 is 1.15 bits per heavy atom. The maximum Gasteiger partial charge on any atom is 0.247 e. The Morgan fingerprint density at radius 2 is 1.81 bits per heavy atom. The second-order valence-corrected chi connectivity index (χ2v) is 8.07. The fraction of sp³-hybridized carbons (Fsp3) is 0.636. The van der Waals surface area contributed by atoms with Crippen LogP contribution in [0.25, 0.3) is 0 Å². The molecule has 1 aliphatic carbocycles. The van der Waals surface area contributed by atoms with E-state index in [1.54, 1.807) is 0 Å². The summed E-state index contributed by atoms with van der Waals surface area (Å²) >= 11 is 0. The number of carbonyl (C=O) groups is 2. The molecule has 27 heavy (non-hydrogen) atoms. The van der Waals surface area contributed by atoms with Crippen molar-refractivity contribution in [1.82, 2.24) is 5.32 Å². The molecule has 2 rings (SSSR count). The Morgan fingerprint density at radius 3 is 2.44 bits per heavy atom. The summed E-state index contributed by atoms with van der Waals surface area (Å²) in [5, 5.41) is 5.95. The van der Waals surface area contributed by atoms with Gasteiger partial charge in [-0.2, -0.15) is 0 Å². The summed E-state index contributed by atoms with van der Waals surface area (Å²) in [6, 6.07) is 6.85. The second-order valence-electron chi connectivity index (χ2n) is 8.07. The molecule has 0 radical (unpaired) electrons. The predicted octanol–water partition coefficient (Wildman–Crippen LogP) is 4.38. The van der Waals surface area contributed by atoms with Crippen molar-refractivity contribution < 1.29 is 14.3 Å². The van der Waals surface area contributed by atoms with E-state index in [9.17, 15) is 9.59 Å². The topological polar surface area (TPSA) is 67.4 Å². The summed E-state index contributed by atoms with van der Waals surface area (Å²) < 4.78 is 5.58. The molecule has 0 spiro atoms. The first-order valence-electron chi connectivity index (χ1n) is 10.2. The lowest BCUT2D eigenvalue weighted by molar-refractivity contribution is -0.130. The van der Waals surface area contributed by atoms with Gasteiger partial charge in [0.15, 0.2) is 0 Å². The van der Waals surface area contributed by atoms with Crippen molar-refractivity contribution in [1.29, 1.82) is 0 Å². The minimum absolute atomic E-state index is 0.0146. The lowest BCUT2D eigenvalue weighted by Gasteiger charge is -2.28. The molecular formula is C22H34N2O3. The number of hydrogen-bond acceptors (Lipinski definition) is 3. The Balaban J connectivity index is 2.04. The molecule has 1 aromatic rings. The van der Waals surface area contributed by atoms with Crippen molar-refractivity contribution in [2.45, 2.75) is 65.8 Å². The number of anilines is 1. The maximum atomic E-state index is 12.9. The van der Waals surface area contributed by atoms with Crippen molar-refractivity contribution in [2.24, 2.45) is 17.8 Å². The third kappa shape index (κ3) is 6.56. The molecule has 0 bridgehead atoms. The van der Waals surface area contributed by atoms with Gasteiger partial charge < -0.3 is 15.4 Å². The van der Waals surface area contributed by atoms with E-state index in [4.69, 9.17) is 4.74 Å². The van der Waals surface area contributed by atoms with Gasteiger partial charge in [-0.1, -0.05) is 32.9 Å². The van der Waals surface area contributed by atoms with Gasteiger partial charge in [-0.25, -0.2) is 0 Å². The normalized spacial score (nSPS) is 20.8. The highest BCUT2D eigenvalue weighted by Crippen LogP contribution is 2.29. The van der Waals surface area contributed by atoms with Crippen molar-refractivity contribution in [2.75, 3.05) is 11.9 Å². The van der Waals surface area contributed by atoms with E-state index >= 15 is 0 Å². The molecule has 5 heteroatoms. The molecule has 5 nitrogen and oxygen atoms in total. The minimum Gasteiger partial charge on any atom is -0.492 e. The molecule has 1 aromatic carbocycles. The molecule has 0 saturated heterocycles. The first-order chi connectivity index (χ1) is 12.9. The van der Waals surface area contributed by atoms with E-state index in [0.717, 1.165) is 25.7 Å². The molecule has 0 heterocycles. The van der Waals surface area contributed by atoms with E-state index < -0.39 is 6.04 Å². The summed E-state index contributed by atoms with van der Waals surface area (Å²) in [7, 11) is 0. The van der Waals surface area contributed by atoms with Gasteiger partial charge >= 0.3 is 0 Å². The fourth-order valence-corrected chi connectivity index (χ4v) is 3.59. The molecule has 1 aliphatic rings. The molecule has 1 saturated carbocycles. The van der Waals surface area contributed by atoms with Crippen LogP contribution in [0.3, 0.4) is 0 Å². The lowest BCUT2D eigenvalue weighted by atomic mass is 9.82. The SMILES string of the molecule is CCOc1ccccc1NC(=O)[C@@H](CC(C)C)NC(=O)C1CCC(C)CC1. The van der Waals surface area contributed by atoms with Crippen molar-refractivity contribution in [3.05, 3.63) is 24.3 Å². The van der Waals surface area contributed by atoms with Gasteiger partial charge in [0.25, 0.3) is 0 Å². The number of para-hydroxylation sites is 2. The molecule has 0 aliphatic heterocycles. The molecule has 1 atom stereocenters. The average Bonchev–Trinajstić information content (AvgIpc) is 2.63. The Kier molecular flexibility index (Phi) is 8.14. The van der Waals surface area contributed by atoms with Crippen LogP contribution < -0.4 is 15.4 Å². The van der Waals surface area contributed by atoms with E-state index in [1.165, 1.54) is 0 Å². The highest BCUT2D eigenvalue weighted by molar-refractivity contribution is 5.98. The van der Waals surface area contributed by atoms with Crippen molar-refractivity contribution >= 4 is 17.5 Å². The summed E-state index contributed by atoms with van der Waals surface area (Å²) in [6.07, 6.45) is 4.60. The number of amides is 2. The number of ether oxygens (including phenoxy) is 1. The number of carbonyl (C=O) groups excluding carboxylic acids is 2. The standard InChI is InChI=1S/C22H34N2O3/c1-5-27-20-9-7-6-8-18(20)23-22(26)19(14-15(2)3)24-21(25)17-12-10-16(4)11-13-17/h6-9,15-17,19H,5,10-14H2,1-4H3,(H,23,26)(H,24,25)/t16?,17?,19-/m1/s1. The van der Waals surface area contributed by atoms with Crippen LogP contribution in [0.2, 0.25) is 0 Å². The molecule has 2 N–H and O–H groups in total. The second kappa shape index (κ2) is 10.3. The number of benzene rings is 1. The Hall–Kier alpha value is -2.04. The molecule has 0 unspecified atom stereocenters. The van der Waals surface area contributed by atoms with Crippen molar-refractivity contribution in [3.8, 4) is 5.75 Å². The third-order valence-electron chi connectivity index (χ3n) is 5.17. The summed E-state index contributed by atoms with van der Waals surface area (Å²) in [4.78, 5) is 25.6. The summed E-state index contributed by atoms with van der Waals surface area (Å²) in [5.74, 6) is 1.49. The first-order valence-corrected chi connectivity index (χ1v) is 10.2. The van der Waals surface area contributed by atoms with Crippen LogP contribution in [0, 0.1) is 17.8 Å². The monoisotopic (exact) mass is 374 g/mol. The third-order valence-corrected chi connectivity index (χ3v) is 5.17. The van der Waals surface area contributed by atoms with Gasteiger partial charge in [-0.05, 0) is 63.0 Å². The lowest BCUT2D eigenvalue weighted by Crippen LogP contribution is -2.47. The summed E-state index contributed by atoms with van der Waals surface area (Å²) in [5.41, 5.74) is 0.638. The minimum atomic E-state index is -0.536. The van der Waals surface area contributed by atoms with Gasteiger partial charge in [-0.3, -0.25) is 9.59 Å². The first kappa shape index (κ1) is 21.3. The Bertz CT molecular complexity index is 622.